The molecule has 10 nitrogen and oxygen atoms in total. The van der Waals surface area contributed by atoms with Crippen LogP contribution in [0.15, 0.2) is 97.3 Å². The minimum Gasteiger partial charge on any atom is -0.459 e. The Morgan fingerprint density at radius 3 is 2.02 bits per heavy atom. The van der Waals surface area contributed by atoms with Crippen molar-refractivity contribution < 1.29 is 23.9 Å². The monoisotopic (exact) mass is 541 g/mol. The molecule has 206 valence electrons. The van der Waals surface area contributed by atoms with Crippen LogP contribution in [-0.4, -0.2) is 45.4 Å². The molecule has 40 heavy (non-hydrogen) atoms. The van der Waals surface area contributed by atoms with Gasteiger partial charge >= 0.3 is 18.1 Å². The number of hydrogen-bond donors (Lipinski definition) is 2. The zero-order chi connectivity index (χ0) is 28.0. The maximum atomic E-state index is 12.8. The Morgan fingerprint density at radius 2 is 1.38 bits per heavy atom. The molecular weight excluding hydrogens is 510 g/mol. The lowest BCUT2D eigenvalue weighted by Crippen LogP contribution is -2.42. The number of carbonyl (C=O) groups excluding carboxylic acids is 3. The van der Waals surface area contributed by atoms with Crippen LogP contribution < -0.4 is 10.6 Å². The summed E-state index contributed by atoms with van der Waals surface area (Å²) in [5.41, 5.74) is 2.49. The molecule has 1 aromatic heterocycles. The molecule has 0 bridgehead atoms. The van der Waals surface area contributed by atoms with Crippen LogP contribution in [0.4, 0.5) is 9.59 Å². The number of amides is 2. The first-order valence-electron chi connectivity index (χ1n) is 13.0. The Balaban J connectivity index is 1.24. The highest BCUT2D eigenvalue weighted by atomic mass is 16.6. The van der Waals surface area contributed by atoms with Gasteiger partial charge in [0.2, 0.25) is 0 Å². The first-order valence-corrected chi connectivity index (χ1v) is 13.0. The zero-order valence-corrected chi connectivity index (χ0v) is 21.9. The number of esters is 1. The Labute approximate surface area is 232 Å². The molecule has 2 amide bonds. The third-order valence-electron chi connectivity index (χ3n) is 5.94. The molecular formula is C30H31N5O5. The molecule has 1 heterocycles. The third-order valence-corrected chi connectivity index (χ3v) is 5.94. The number of unbranched alkanes of at least 4 members (excludes halogenated alkanes) is 1. The molecule has 4 aromatic rings. The van der Waals surface area contributed by atoms with E-state index in [1.807, 2.05) is 91.0 Å². The molecule has 0 saturated heterocycles. The molecule has 4 rings (SSSR count). The molecule has 10 heteroatoms. The summed E-state index contributed by atoms with van der Waals surface area (Å²) in [5.74, 6) is -0.0987. The van der Waals surface area contributed by atoms with Gasteiger partial charge in [0, 0.05) is 12.1 Å². The molecule has 0 aliphatic heterocycles. The highest BCUT2D eigenvalue weighted by Gasteiger charge is 2.23. The van der Waals surface area contributed by atoms with Gasteiger partial charge in [0.15, 0.2) is 5.82 Å². The summed E-state index contributed by atoms with van der Waals surface area (Å²) in [6.07, 6.45) is 2.07. The smallest absolute Gasteiger partial charge is 0.408 e. The highest BCUT2D eigenvalue weighted by molar-refractivity contribution is 5.81. The van der Waals surface area contributed by atoms with Crippen molar-refractivity contribution in [1.82, 2.24) is 25.4 Å². The van der Waals surface area contributed by atoms with Crippen molar-refractivity contribution in [3.8, 4) is 11.4 Å². The molecule has 0 radical (unpaired) electrons. The molecule has 0 unspecified atom stereocenters. The molecule has 1 atom stereocenters. The highest BCUT2D eigenvalue weighted by Crippen LogP contribution is 2.13. The van der Waals surface area contributed by atoms with Crippen molar-refractivity contribution >= 4 is 18.1 Å². The second-order valence-corrected chi connectivity index (χ2v) is 8.96. The number of alkyl carbamates (subject to hydrolysis) is 1. The Morgan fingerprint density at radius 1 is 0.775 bits per heavy atom. The van der Waals surface area contributed by atoms with E-state index in [1.54, 1.807) is 0 Å². The van der Waals surface area contributed by atoms with Crippen LogP contribution in [0.25, 0.3) is 11.4 Å². The van der Waals surface area contributed by atoms with Gasteiger partial charge in [-0.1, -0.05) is 91.0 Å². The fraction of sp³-hybridized carbons (Fsp3) is 0.233. The molecule has 0 saturated carbocycles. The number of nitrogens with one attached hydrogen (secondary N) is 2. The van der Waals surface area contributed by atoms with Gasteiger partial charge in [0.1, 0.15) is 25.6 Å². The van der Waals surface area contributed by atoms with Crippen LogP contribution in [0.5, 0.6) is 0 Å². The van der Waals surface area contributed by atoms with E-state index in [4.69, 9.17) is 9.47 Å². The lowest BCUT2D eigenvalue weighted by atomic mass is 10.1. The molecule has 0 fully saturated rings. The summed E-state index contributed by atoms with van der Waals surface area (Å²) in [7, 11) is 0. The Bertz CT molecular complexity index is 1360. The van der Waals surface area contributed by atoms with Gasteiger partial charge in [0.05, 0.1) is 0 Å². The third kappa shape index (κ3) is 8.80. The lowest BCUT2D eigenvalue weighted by Gasteiger charge is -2.18. The van der Waals surface area contributed by atoms with Crippen molar-refractivity contribution in [3.63, 3.8) is 0 Å². The summed E-state index contributed by atoms with van der Waals surface area (Å²) in [4.78, 5) is 41.9. The van der Waals surface area contributed by atoms with Crippen molar-refractivity contribution in [2.24, 2.45) is 0 Å². The van der Waals surface area contributed by atoms with Crippen LogP contribution in [0.2, 0.25) is 0 Å². The van der Waals surface area contributed by atoms with Gasteiger partial charge in [-0.2, -0.15) is 4.68 Å². The Hall–Kier alpha value is -4.99. The summed E-state index contributed by atoms with van der Waals surface area (Å²) < 4.78 is 11.9. The van der Waals surface area contributed by atoms with Gasteiger partial charge < -0.3 is 20.1 Å². The van der Waals surface area contributed by atoms with E-state index in [1.165, 1.54) is 6.33 Å². The minimum atomic E-state index is -0.897. The summed E-state index contributed by atoms with van der Waals surface area (Å²) in [5, 5.41) is 9.63. The van der Waals surface area contributed by atoms with Gasteiger partial charge in [-0.3, -0.25) is 0 Å². The van der Waals surface area contributed by atoms with E-state index < -0.39 is 24.1 Å². The number of rotatable bonds is 12. The van der Waals surface area contributed by atoms with Crippen LogP contribution >= 0.6 is 0 Å². The van der Waals surface area contributed by atoms with E-state index in [0.717, 1.165) is 21.4 Å². The van der Waals surface area contributed by atoms with Gasteiger partial charge in [-0.25, -0.2) is 19.4 Å². The number of ether oxygens (including phenoxy) is 2. The largest absolute Gasteiger partial charge is 0.459 e. The number of benzene rings is 3. The number of aromatic nitrogens is 3. The fourth-order valence-electron chi connectivity index (χ4n) is 3.82. The van der Waals surface area contributed by atoms with E-state index in [2.05, 4.69) is 20.7 Å². The molecule has 0 aliphatic rings. The molecule has 2 N–H and O–H groups in total. The van der Waals surface area contributed by atoms with Crippen molar-refractivity contribution in [1.29, 1.82) is 0 Å². The Kier molecular flexibility index (Phi) is 10.4. The van der Waals surface area contributed by atoms with Crippen LogP contribution in [-0.2, 0) is 27.5 Å². The predicted molar refractivity (Wildman–Crippen MR) is 148 cm³/mol. The summed E-state index contributed by atoms with van der Waals surface area (Å²) >= 11 is 0. The number of carbonyl (C=O) groups is 3. The maximum absolute atomic E-state index is 12.8. The quantitative estimate of drug-likeness (QED) is 0.197. The standard InChI is InChI=1S/C30H31N5O5/c36-28(39-20-23-12-4-1-5-13-23)26(33-30(38)40-21-24-14-6-2-7-15-24)18-10-11-19-31-29(37)35-22-32-27(34-35)25-16-8-3-9-17-25/h1-9,12-17,22,26H,10-11,18-21H2,(H,31,37)(H,33,38)/t26-/m0/s1. The van der Waals surface area contributed by atoms with Gasteiger partial charge in [-0.05, 0) is 30.4 Å². The second kappa shape index (κ2) is 14.8. The van der Waals surface area contributed by atoms with E-state index in [-0.39, 0.29) is 13.2 Å². The summed E-state index contributed by atoms with van der Waals surface area (Å²) in [6.45, 7) is 0.526. The van der Waals surface area contributed by atoms with E-state index in [0.29, 0.717) is 31.6 Å². The predicted octanol–water partition coefficient (Wildman–Crippen LogP) is 4.71. The second-order valence-electron chi connectivity index (χ2n) is 8.96. The first-order chi connectivity index (χ1) is 19.6. The summed E-state index contributed by atoms with van der Waals surface area (Å²) in [6, 6.07) is 26.6. The first kappa shape index (κ1) is 28.0. The molecule has 3 aromatic carbocycles. The van der Waals surface area contributed by atoms with Gasteiger partial charge in [0.25, 0.3) is 0 Å². The van der Waals surface area contributed by atoms with Crippen LogP contribution in [0.1, 0.15) is 30.4 Å². The van der Waals surface area contributed by atoms with Crippen molar-refractivity contribution in [2.45, 2.75) is 38.5 Å². The topological polar surface area (TPSA) is 124 Å². The van der Waals surface area contributed by atoms with Gasteiger partial charge in [-0.15, -0.1) is 5.10 Å². The molecule has 0 spiro atoms. The van der Waals surface area contributed by atoms with Crippen molar-refractivity contribution in [3.05, 3.63) is 108 Å². The van der Waals surface area contributed by atoms with Crippen molar-refractivity contribution in [2.75, 3.05) is 6.54 Å². The number of hydrogen-bond acceptors (Lipinski definition) is 7. The average Bonchev–Trinajstić information content (AvgIpc) is 3.50. The fourth-order valence-corrected chi connectivity index (χ4v) is 3.82. The van der Waals surface area contributed by atoms with Crippen LogP contribution in [0, 0.1) is 0 Å². The van der Waals surface area contributed by atoms with E-state index >= 15 is 0 Å². The normalized spacial score (nSPS) is 11.3. The average molecular weight is 542 g/mol. The SMILES string of the molecule is O=C(N[C@@H](CCCCNC(=O)n1cnc(-c2ccccc2)n1)C(=O)OCc1ccccc1)OCc1ccccc1. The zero-order valence-electron chi connectivity index (χ0n) is 21.9. The lowest BCUT2D eigenvalue weighted by molar-refractivity contribution is -0.147. The van der Waals surface area contributed by atoms with E-state index in [9.17, 15) is 14.4 Å². The molecule has 0 aliphatic carbocycles. The minimum absolute atomic E-state index is 0.0821. The number of nitrogens with zero attached hydrogens (tertiary/aromatic N) is 3. The van der Waals surface area contributed by atoms with Crippen LogP contribution in [0.3, 0.4) is 0 Å². The maximum Gasteiger partial charge on any atom is 0.408 e.